The van der Waals surface area contributed by atoms with Crippen LogP contribution in [0.5, 0.6) is 11.5 Å². The van der Waals surface area contributed by atoms with E-state index in [0.717, 1.165) is 0 Å². The van der Waals surface area contributed by atoms with E-state index in [9.17, 15) is 4.39 Å². The fourth-order valence-electron chi connectivity index (χ4n) is 1.99. The average molecular weight is 287 g/mol. The van der Waals surface area contributed by atoms with Crippen molar-refractivity contribution in [2.75, 3.05) is 13.2 Å². The summed E-state index contributed by atoms with van der Waals surface area (Å²) < 4.78 is 29.3. The molecule has 4 nitrogen and oxygen atoms in total. The van der Waals surface area contributed by atoms with E-state index in [4.69, 9.17) is 13.9 Å². The molecule has 0 unspecified atom stereocenters. The Morgan fingerprint density at radius 2 is 1.81 bits per heavy atom. The second-order valence-electron chi connectivity index (χ2n) is 4.49. The van der Waals surface area contributed by atoms with Crippen LogP contribution >= 0.6 is 0 Å². The molecule has 0 aliphatic rings. The van der Waals surface area contributed by atoms with Crippen molar-refractivity contribution in [1.82, 2.24) is 4.98 Å². The summed E-state index contributed by atoms with van der Waals surface area (Å²) in [7, 11) is 0. The maximum atomic E-state index is 12.8. The summed E-state index contributed by atoms with van der Waals surface area (Å²) in [6.07, 6.45) is 0. The maximum absolute atomic E-state index is 12.8. The molecule has 0 bridgehead atoms. The van der Waals surface area contributed by atoms with Crippen LogP contribution in [-0.4, -0.2) is 18.2 Å². The third-order valence-corrected chi connectivity index (χ3v) is 2.91. The Labute approximate surface area is 121 Å². The van der Waals surface area contributed by atoms with Crippen molar-refractivity contribution in [2.24, 2.45) is 0 Å². The number of ether oxygens (including phenoxy) is 2. The second-order valence-corrected chi connectivity index (χ2v) is 4.49. The van der Waals surface area contributed by atoms with Gasteiger partial charge in [0, 0.05) is 6.92 Å². The van der Waals surface area contributed by atoms with Crippen LogP contribution in [-0.2, 0) is 0 Å². The summed E-state index contributed by atoms with van der Waals surface area (Å²) in [4.78, 5) is 4.29. The van der Waals surface area contributed by atoms with Crippen molar-refractivity contribution in [2.45, 2.75) is 6.92 Å². The van der Waals surface area contributed by atoms with Gasteiger partial charge in [-0.15, -0.1) is 0 Å². The molecule has 0 aliphatic carbocycles. The molecule has 0 atom stereocenters. The highest BCUT2D eigenvalue weighted by Crippen LogP contribution is 2.25. The van der Waals surface area contributed by atoms with Gasteiger partial charge in [0.15, 0.2) is 17.0 Å². The Morgan fingerprint density at radius 3 is 2.62 bits per heavy atom. The molecule has 0 saturated heterocycles. The number of benzene rings is 2. The van der Waals surface area contributed by atoms with E-state index in [1.807, 2.05) is 18.2 Å². The number of oxazole rings is 1. The van der Waals surface area contributed by atoms with Crippen molar-refractivity contribution in [3.63, 3.8) is 0 Å². The maximum Gasteiger partial charge on any atom is 0.192 e. The molecule has 0 amide bonds. The Hall–Kier alpha value is -2.56. The van der Waals surface area contributed by atoms with E-state index in [1.165, 1.54) is 12.1 Å². The fourth-order valence-corrected chi connectivity index (χ4v) is 1.99. The van der Waals surface area contributed by atoms with Crippen LogP contribution in [0.4, 0.5) is 4.39 Å². The van der Waals surface area contributed by atoms with Gasteiger partial charge in [0.05, 0.1) is 0 Å². The molecule has 1 heterocycles. The normalized spacial score (nSPS) is 10.8. The lowest BCUT2D eigenvalue weighted by Crippen LogP contribution is -2.09. The standard InChI is InChI=1S/C16H14FNO3/c1-11-18-16-14(3-2-4-15(16)21-11)20-10-9-19-13-7-5-12(17)6-8-13/h2-8H,9-10H2,1H3. The summed E-state index contributed by atoms with van der Waals surface area (Å²) in [5, 5.41) is 0. The number of halogens is 1. The first kappa shape index (κ1) is 13.4. The average Bonchev–Trinajstić information content (AvgIpc) is 2.86. The molecule has 0 spiro atoms. The summed E-state index contributed by atoms with van der Waals surface area (Å²) in [5.41, 5.74) is 1.40. The lowest BCUT2D eigenvalue weighted by Gasteiger charge is -2.08. The zero-order valence-corrected chi connectivity index (χ0v) is 11.5. The molecular weight excluding hydrogens is 273 g/mol. The number of hydrogen-bond acceptors (Lipinski definition) is 4. The fraction of sp³-hybridized carbons (Fsp3) is 0.188. The summed E-state index contributed by atoms with van der Waals surface area (Å²) >= 11 is 0. The first-order chi connectivity index (χ1) is 10.2. The van der Waals surface area contributed by atoms with E-state index < -0.39 is 0 Å². The van der Waals surface area contributed by atoms with Gasteiger partial charge in [0.2, 0.25) is 0 Å². The molecule has 1 aromatic heterocycles. The summed E-state index contributed by atoms with van der Waals surface area (Å²) in [6, 6.07) is 11.4. The van der Waals surface area contributed by atoms with E-state index in [2.05, 4.69) is 4.98 Å². The van der Waals surface area contributed by atoms with Gasteiger partial charge < -0.3 is 13.9 Å². The number of fused-ring (bicyclic) bond motifs is 1. The van der Waals surface area contributed by atoms with Crippen LogP contribution in [0.3, 0.4) is 0 Å². The minimum atomic E-state index is -0.285. The minimum absolute atomic E-state index is 0.285. The summed E-state index contributed by atoms with van der Waals surface area (Å²) in [6.45, 7) is 2.52. The lowest BCUT2D eigenvalue weighted by atomic mass is 10.3. The van der Waals surface area contributed by atoms with Crippen molar-refractivity contribution < 1.29 is 18.3 Å². The van der Waals surface area contributed by atoms with E-state index >= 15 is 0 Å². The largest absolute Gasteiger partial charge is 0.490 e. The van der Waals surface area contributed by atoms with Crippen LogP contribution in [0.25, 0.3) is 11.1 Å². The molecule has 108 valence electrons. The van der Waals surface area contributed by atoms with Crippen LogP contribution in [0, 0.1) is 12.7 Å². The zero-order chi connectivity index (χ0) is 14.7. The Kier molecular flexibility index (Phi) is 3.73. The Balaban J connectivity index is 1.58. The topological polar surface area (TPSA) is 44.5 Å². The first-order valence-electron chi connectivity index (χ1n) is 6.60. The molecular formula is C16H14FNO3. The van der Waals surface area contributed by atoms with Gasteiger partial charge in [-0.3, -0.25) is 0 Å². The molecule has 0 fully saturated rings. The quantitative estimate of drug-likeness (QED) is 0.671. The van der Waals surface area contributed by atoms with E-state index in [1.54, 1.807) is 19.1 Å². The van der Waals surface area contributed by atoms with Crippen molar-refractivity contribution >= 4 is 11.1 Å². The lowest BCUT2D eigenvalue weighted by molar-refractivity contribution is 0.218. The highest BCUT2D eigenvalue weighted by molar-refractivity contribution is 5.79. The number of aryl methyl sites for hydroxylation is 1. The van der Waals surface area contributed by atoms with E-state index in [0.29, 0.717) is 41.7 Å². The van der Waals surface area contributed by atoms with Gasteiger partial charge in [0.25, 0.3) is 0 Å². The van der Waals surface area contributed by atoms with Crippen LogP contribution in [0.1, 0.15) is 5.89 Å². The highest BCUT2D eigenvalue weighted by atomic mass is 19.1. The Bertz CT molecular complexity index is 737. The molecule has 0 saturated carbocycles. The van der Waals surface area contributed by atoms with Gasteiger partial charge in [-0.25, -0.2) is 9.37 Å². The van der Waals surface area contributed by atoms with Crippen molar-refractivity contribution in [3.05, 3.63) is 54.2 Å². The zero-order valence-electron chi connectivity index (χ0n) is 11.5. The molecule has 21 heavy (non-hydrogen) atoms. The number of para-hydroxylation sites is 1. The number of rotatable bonds is 5. The molecule has 0 aliphatic heterocycles. The highest BCUT2D eigenvalue weighted by Gasteiger charge is 2.08. The van der Waals surface area contributed by atoms with Gasteiger partial charge >= 0.3 is 0 Å². The predicted octanol–water partition coefficient (Wildman–Crippen LogP) is 3.73. The smallest absolute Gasteiger partial charge is 0.192 e. The van der Waals surface area contributed by atoms with E-state index in [-0.39, 0.29) is 5.82 Å². The number of hydrogen-bond donors (Lipinski definition) is 0. The second kappa shape index (κ2) is 5.83. The predicted molar refractivity (Wildman–Crippen MR) is 76.1 cm³/mol. The SMILES string of the molecule is Cc1nc2c(OCCOc3ccc(F)cc3)cccc2o1. The molecule has 5 heteroatoms. The molecule has 0 N–H and O–H groups in total. The van der Waals surface area contributed by atoms with Crippen LogP contribution < -0.4 is 9.47 Å². The molecule has 0 radical (unpaired) electrons. The van der Waals surface area contributed by atoms with Gasteiger partial charge in [-0.05, 0) is 36.4 Å². The van der Waals surface area contributed by atoms with Gasteiger partial charge in [0.1, 0.15) is 30.5 Å². The first-order valence-corrected chi connectivity index (χ1v) is 6.60. The molecule has 3 rings (SSSR count). The van der Waals surface area contributed by atoms with Crippen molar-refractivity contribution in [3.8, 4) is 11.5 Å². The minimum Gasteiger partial charge on any atom is -0.490 e. The third kappa shape index (κ3) is 3.13. The molecule has 3 aromatic rings. The van der Waals surface area contributed by atoms with Gasteiger partial charge in [-0.2, -0.15) is 0 Å². The van der Waals surface area contributed by atoms with Crippen LogP contribution in [0.15, 0.2) is 46.9 Å². The van der Waals surface area contributed by atoms with Crippen LogP contribution in [0.2, 0.25) is 0 Å². The van der Waals surface area contributed by atoms with Gasteiger partial charge in [-0.1, -0.05) is 6.07 Å². The number of nitrogens with zero attached hydrogens (tertiary/aromatic N) is 1. The summed E-state index contributed by atoms with van der Waals surface area (Å²) in [5.74, 6) is 1.58. The molecule has 2 aromatic carbocycles. The Morgan fingerprint density at radius 1 is 1.05 bits per heavy atom. The number of aromatic nitrogens is 1. The van der Waals surface area contributed by atoms with Crippen molar-refractivity contribution in [1.29, 1.82) is 0 Å². The monoisotopic (exact) mass is 287 g/mol. The third-order valence-electron chi connectivity index (χ3n) is 2.91.